The molecule has 5 heteroatoms. The summed E-state index contributed by atoms with van der Waals surface area (Å²) in [5, 5.41) is 8.36. The molecule has 0 heterocycles. The first kappa shape index (κ1) is 11.6. The highest BCUT2D eigenvalue weighted by Crippen LogP contribution is 2.42. The van der Waals surface area contributed by atoms with Gasteiger partial charge >= 0.3 is 0 Å². The maximum Gasteiger partial charge on any atom is 0.200 e. The van der Waals surface area contributed by atoms with Gasteiger partial charge in [-0.25, -0.2) is 0 Å². The Balaban J connectivity index is 3.77. The summed E-state index contributed by atoms with van der Waals surface area (Å²) in [6, 6.07) is 1.35. The fourth-order valence-corrected chi connectivity index (χ4v) is 2.20. The van der Waals surface area contributed by atoms with Crippen LogP contribution in [-0.4, -0.2) is 25.5 Å². The maximum atomic E-state index is 11.4. The largest absolute Gasteiger partial charge is 0.329 e. The van der Waals surface area contributed by atoms with E-state index in [0.717, 1.165) is 0 Å². The molecule has 0 aromatic rings. The molecule has 0 saturated carbocycles. The number of nitrogens with zero attached hydrogens (tertiary/aromatic N) is 1. The van der Waals surface area contributed by atoms with Gasteiger partial charge in [0.2, 0.25) is 0 Å². The van der Waals surface area contributed by atoms with E-state index in [1.165, 1.54) is 0 Å². The second-order valence-electron chi connectivity index (χ2n) is 2.68. The molecule has 0 saturated heterocycles. The van der Waals surface area contributed by atoms with E-state index >= 15 is 0 Å². The van der Waals surface area contributed by atoms with Crippen LogP contribution in [-0.2, 0) is 9.09 Å². The Hall–Kier alpha value is -0.360. The van der Waals surface area contributed by atoms with E-state index in [9.17, 15) is 4.57 Å². The number of hydrogen-bond acceptors (Lipinski definition) is 4. The Morgan fingerprint density at radius 3 is 2.75 bits per heavy atom. The smallest absolute Gasteiger partial charge is 0.200 e. The van der Waals surface area contributed by atoms with Crippen molar-refractivity contribution in [3.05, 3.63) is 0 Å². The zero-order valence-corrected chi connectivity index (χ0v) is 8.38. The van der Waals surface area contributed by atoms with Crippen molar-refractivity contribution in [1.82, 2.24) is 0 Å². The third kappa shape index (κ3) is 5.31. The first-order valence-electron chi connectivity index (χ1n) is 3.88. The van der Waals surface area contributed by atoms with Gasteiger partial charge in [0.05, 0.1) is 18.7 Å². The first-order valence-corrected chi connectivity index (χ1v) is 6.14. The molecule has 0 amide bonds. The molecule has 0 aliphatic carbocycles. The quantitative estimate of drug-likeness (QED) is 0.660. The van der Waals surface area contributed by atoms with Gasteiger partial charge in [0.15, 0.2) is 7.37 Å². The third-order valence-electron chi connectivity index (χ3n) is 1.41. The highest BCUT2D eigenvalue weighted by Gasteiger charge is 2.16. The summed E-state index contributed by atoms with van der Waals surface area (Å²) in [4.78, 5) is 0. The van der Waals surface area contributed by atoms with Crippen LogP contribution in [0, 0.1) is 11.3 Å². The maximum absolute atomic E-state index is 11.4. The van der Waals surface area contributed by atoms with Gasteiger partial charge < -0.3 is 10.3 Å². The number of hydrogen-bond donors (Lipinski definition) is 1. The van der Waals surface area contributed by atoms with Crippen LogP contribution in [0.2, 0.25) is 0 Å². The van der Waals surface area contributed by atoms with Crippen LogP contribution in [0.1, 0.15) is 13.3 Å². The van der Waals surface area contributed by atoms with Crippen molar-refractivity contribution in [2.45, 2.75) is 19.4 Å². The summed E-state index contributed by atoms with van der Waals surface area (Å²) in [5.74, 6) is 0. The molecule has 4 nitrogen and oxygen atoms in total. The van der Waals surface area contributed by atoms with Gasteiger partial charge in [0, 0.05) is 12.8 Å². The lowest BCUT2D eigenvalue weighted by atomic mass is 10.3. The topological polar surface area (TPSA) is 76.1 Å². The minimum atomic E-state index is -2.49. The molecule has 0 aliphatic rings. The number of nitrogens with two attached hydrogens (primary N) is 1. The zero-order valence-electron chi connectivity index (χ0n) is 7.49. The zero-order chi connectivity index (χ0) is 9.61. The van der Waals surface area contributed by atoms with Gasteiger partial charge in [-0.3, -0.25) is 4.57 Å². The molecular formula is C7H15N2O2P. The SMILES string of the molecule is CCO[P@](C)(=O)CC[C@@H](N)C#N. The lowest BCUT2D eigenvalue weighted by Gasteiger charge is -2.12. The van der Waals surface area contributed by atoms with Crippen molar-refractivity contribution >= 4 is 7.37 Å². The Labute approximate surface area is 73.2 Å². The Morgan fingerprint density at radius 1 is 1.75 bits per heavy atom. The number of rotatable bonds is 5. The first-order chi connectivity index (χ1) is 5.52. The van der Waals surface area contributed by atoms with Crippen molar-refractivity contribution in [2.24, 2.45) is 5.73 Å². The van der Waals surface area contributed by atoms with Gasteiger partial charge in [-0.2, -0.15) is 5.26 Å². The minimum Gasteiger partial charge on any atom is -0.329 e. The molecule has 70 valence electrons. The summed E-state index contributed by atoms with van der Waals surface area (Å²) in [6.07, 6.45) is 0.819. The monoisotopic (exact) mass is 190 g/mol. The predicted molar refractivity (Wildman–Crippen MR) is 48.2 cm³/mol. The van der Waals surface area contributed by atoms with E-state index in [1.807, 2.05) is 6.07 Å². The van der Waals surface area contributed by atoms with Gasteiger partial charge in [0.25, 0.3) is 0 Å². The molecule has 0 aromatic heterocycles. The lowest BCUT2D eigenvalue weighted by molar-refractivity contribution is 0.336. The summed E-state index contributed by atoms with van der Waals surface area (Å²) in [6.45, 7) is 3.80. The van der Waals surface area contributed by atoms with Crippen molar-refractivity contribution in [2.75, 3.05) is 19.4 Å². The standard InChI is InChI=1S/C7H15N2O2P/c1-3-11-12(2,10)5-4-7(9)6-8/h7H,3-5,9H2,1-2H3/t7-,12+/m1/s1. The molecule has 0 rings (SSSR count). The highest BCUT2D eigenvalue weighted by molar-refractivity contribution is 7.58. The molecule has 0 bridgehead atoms. The van der Waals surface area contributed by atoms with E-state index in [4.69, 9.17) is 15.5 Å². The molecule has 2 N–H and O–H groups in total. The minimum absolute atomic E-state index is 0.384. The van der Waals surface area contributed by atoms with E-state index in [1.54, 1.807) is 13.6 Å². The van der Waals surface area contributed by atoms with Crippen molar-refractivity contribution < 1.29 is 9.09 Å². The molecule has 0 fully saturated rings. The molecular weight excluding hydrogens is 175 g/mol. The van der Waals surface area contributed by atoms with Crippen molar-refractivity contribution in [3.63, 3.8) is 0 Å². The number of nitriles is 1. The average molecular weight is 190 g/mol. The molecule has 0 aliphatic heterocycles. The van der Waals surface area contributed by atoms with Crippen LogP contribution in [0.3, 0.4) is 0 Å². The van der Waals surface area contributed by atoms with Gasteiger partial charge in [-0.1, -0.05) is 0 Å². The van der Waals surface area contributed by atoms with Crippen LogP contribution in [0.15, 0.2) is 0 Å². The van der Waals surface area contributed by atoms with Gasteiger partial charge in [-0.15, -0.1) is 0 Å². The summed E-state index contributed by atoms with van der Waals surface area (Å²) < 4.78 is 16.5. The van der Waals surface area contributed by atoms with Crippen LogP contribution in [0.4, 0.5) is 0 Å². The third-order valence-corrected chi connectivity index (χ3v) is 3.29. The van der Waals surface area contributed by atoms with Crippen LogP contribution < -0.4 is 5.73 Å². The molecule has 2 atom stereocenters. The van der Waals surface area contributed by atoms with Crippen molar-refractivity contribution in [3.8, 4) is 6.07 Å². The Morgan fingerprint density at radius 2 is 2.33 bits per heavy atom. The van der Waals surface area contributed by atoms with E-state index in [2.05, 4.69) is 0 Å². The summed E-state index contributed by atoms with van der Waals surface area (Å²) in [7, 11) is -2.49. The summed E-state index contributed by atoms with van der Waals surface area (Å²) >= 11 is 0. The van der Waals surface area contributed by atoms with Gasteiger partial charge in [-0.05, 0) is 13.3 Å². The normalized spacial score (nSPS) is 17.8. The second-order valence-corrected chi connectivity index (χ2v) is 5.41. The highest BCUT2D eigenvalue weighted by atomic mass is 31.2. The molecule has 12 heavy (non-hydrogen) atoms. The van der Waals surface area contributed by atoms with E-state index in [-0.39, 0.29) is 0 Å². The molecule has 0 unspecified atom stereocenters. The van der Waals surface area contributed by atoms with E-state index < -0.39 is 13.4 Å². The Kier molecular flexibility index (Phi) is 5.16. The van der Waals surface area contributed by atoms with Crippen LogP contribution >= 0.6 is 7.37 Å². The van der Waals surface area contributed by atoms with Crippen LogP contribution in [0.5, 0.6) is 0 Å². The van der Waals surface area contributed by atoms with Crippen molar-refractivity contribution in [1.29, 1.82) is 5.26 Å². The molecule has 0 spiro atoms. The predicted octanol–water partition coefficient (Wildman–Crippen LogP) is 1.17. The fraction of sp³-hybridized carbons (Fsp3) is 0.857. The summed E-state index contributed by atoms with van der Waals surface area (Å²) in [5.41, 5.74) is 5.34. The second kappa shape index (κ2) is 5.31. The molecule has 0 radical (unpaired) electrons. The fourth-order valence-electron chi connectivity index (χ4n) is 0.776. The Bertz CT molecular complexity index is 212. The van der Waals surface area contributed by atoms with Crippen LogP contribution in [0.25, 0.3) is 0 Å². The lowest BCUT2D eigenvalue weighted by Crippen LogP contribution is -2.18. The van der Waals surface area contributed by atoms with Gasteiger partial charge in [0.1, 0.15) is 0 Å². The average Bonchev–Trinajstić information content (AvgIpc) is 2.00. The van der Waals surface area contributed by atoms with E-state index in [0.29, 0.717) is 19.2 Å². The molecule has 0 aromatic carbocycles.